The maximum absolute atomic E-state index is 12.7. The van der Waals surface area contributed by atoms with E-state index in [1.54, 1.807) is 0 Å². The molecule has 1 aromatic rings. The molecule has 3 aliphatic rings. The van der Waals surface area contributed by atoms with Gasteiger partial charge in [0.25, 0.3) is 0 Å². The van der Waals surface area contributed by atoms with Gasteiger partial charge in [-0.15, -0.1) is 0 Å². The van der Waals surface area contributed by atoms with Gasteiger partial charge in [0.15, 0.2) is 0 Å². The third kappa shape index (κ3) is 3.06. The molecule has 0 aliphatic carbocycles. The molecule has 1 N–H and O–H groups in total. The number of rotatable bonds is 4. The van der Waals surface area contributed by atoms with E-state index in [0.29, 0.717) is 19.4 Å². The number of anilines is 1. The summed E-state index contributed by atoms with van der Waals surface area (Å²) in [4.78, 5) is 29.6. The van der Waals surface area contributed by atoms with E-state index in [0.717, 1.165) is 30.8 Å². The van der Waals surface area contributed by atoms with Gasteiger partial charge >= 0.3 is 0 Å². The molecule has 2 fully saturated rings. The number of piperidine rings is 2. The van der Waals surface area contributed by atoms with E-state index in [1.807, 2.05) is 29.2 Å². The lowest BCUT2D eigenvalue weighted by atomic mass is 9.75. The fourth-order valence-electron chi connectivity index (χ4n) is 4.62. The lowest BCUT2D eigenvalue weighted by molar-refractivity contribution is -0.138. The number of amides is 2. The Hall–Kier alpha value is -1.88. The van der Waals surface area contributed by atoms with Gasteiger partial charge in [-0.1, -0.05) is 24.6 Å². The Morgan fingerprint density at radius 1 is 1.04 bits per heavy atom. The maximum Gasteiger partial charge on any atom is 0.236 e. The predicted octanol–water partition coefficient (Wildman–Crippen LogP) is 2.37. The minimum absolute atomic E-state index is 0.0576. The summed E-state index contributed by atoms with van der Waals surface area (Å²) in [6.45, 7) is 4.71. The zero-order chi connectivity index (χ0) is 17.3. The van der Waals surface area contributed by atoms with Crippen molar-refractivity contribution >= 4 is 17.5 Å². The average molecular weight is 341 g/mol. The van der Waals surface area contributed by atoms with Crippen LogP contribution in [0, 0.1) is 0 Å². The van der Waals surface area contributed by atoms with Crippen LogP contribution in [0.25, 0.3) is 0 Å². The zero-order valence-electron chi connectivity index (χ0n) is 14.8. The smallest absolute Gasteiger partial charge is 0.236 e. The molecule has 1 spiro atoms. The second kappa shape index (κ2) is 6.79. The average Bonchev–Trinajstić information content (AvgIpc) is 2.91. The third-order valence-electron chi connectivity index (χ3n) is 6.06. The molecule has 0 bridgehead atoms. The number of carbonyl (C=O) groups is 2. The highest BCUT2D eigenvalue weighted by Gasteiger charge is 2.50. The number of hydrogen-bond donors (Lipinski definition) is 1. The fourth-order valence-corrected chi connectivity index (χ4v) is 4.62. The molecule has 134 valence electrons. The van der Waals surface area contributed by atoms with Gasteiger partial charge in [-0.3, -0.25) is 9.59 Å². The third-order valence-corrected chi connectivity index (χ3v) is 6.06. The van der Waals surface area contributed by atoms with Gasteiger partial charge in [-0.25, -0.2) is 0 Å². The number of fused-ring (bicyclic) bond motifs is 2. The standard InChI is InChI=1S/C20H27N3O2/c24-18-9-10-20(16-7-2-3-8-17(16)21-19(20)25)15-23(18)14-6-13-22-11-4-1-5-12-22/h2-3,7-8H,1,4-6,9-15H2,(H,21,25). The second-order valence-corrected chi connectivity index (χ2v) is 7.65. The van der Waals surface area contributed by atoms with E-state index < -0.39 is 5.41 Å². The van der Waals surface area contributed by atoms with Gasteiger partial charge < -0.3 is 15.1 Å². The monoisotopic (exact) mass is 341 g/mol. The van der Waals surface area contributed by atoms with E-state index in [2.05, 4.69) is 10.2 Å². The predicted molar refractivity (Wildman–Crippen MR) is 97.5 cm³/mol. The van der Waals surface area contributed by atoms with Crippen LogP contribution >= 0.6 is 0 Å². The van der Waals surface area contributed by atoms with Crippen LogP contribution in [0.2, 0.25) is 0 Å². The molecule has 5 heteroatoms. The van der Waals surface area contributed by atoms with Gasteiger partial charge in [0, 0.05) is 25.2 Å². The van der Waals surface area contributed by atoms with Gasteiger partial charge in [-0.05, 0) is 56.9 Å². The summed E-state index contributed by atoms with van der Waals surface area (Å²) < 4.78 is 0. The van der Waals surface area contributed by atoms with E-state index >= 15 is 0 Å². The summed E-state index contributed by atoms with van der Waals surface area (Å²) in [5, 5.41) is 3.02. The first-order chi connectivity index (χ1) is 12.2. The first kappa shape index (κ1) is 16.6. The van der Waals surface area contributed by atoms with Crippen LogP contribution in [0.3, 0.4) is 0 Å². The van der Waals surface area contributed by atoms with Crippen LogP contribution in [0.15, 0.2) is 24.3 Å². The highest BCUT2D eigenvalue weighted by Crippen LogP contribution is 2.43. The van der Waals surface area contributed by atoms with Gasteiger partial charge in [0.1, 0.15) is 0 Å². The summed E-state index contributed by atoms with van der Waals surface area (Å²) in [5.74, 6) is 0.253. The molecule has 2 amide bonds. The minimum atomic E-state index is -0.546. The number of likely N-dealkylation sites (tertiary alicyclic amines) is 2. The maximum atomic E-state index is 12.7. The number of nitrogens with zero attached hydrogens (tertiary/aromatic N) is 2. The van der Waals surface area contributed by atoms with E-state index in [9.17, 15) is 9.59 Å². The summed E-state index contributed by atoms with van der Waals surface area (Å²) in [7, 11) is 0. The van der Waals surface area contributed by atoms with Crippen LogP contribution in [0.4, 0.5) is 5.69 Å². The van der Waals surface area contributed by atoms with Crippen LogP contribution in [-0.2, 0) is 15.0 Å². The molecule has 4 rings (SSSR count). The Bertz CT molecular complexity index is 669. The molecule has 3 aliphatic heterocycles. The lowest BCUT2D eigenvalue weighted by Gasteiger charge is -2.39. The Morgan fingerprint density at radius 3 is 2.68 bits per heavy atom. The molecular formula is C20H27N3O2. The Labute approximate surface area is 149 Å². The van der Waals surface area contributed by atoms with Crippen molar-refractivity contribution in [2.75, 3.05) is 38.0 Å². The molecule has 2 saturated heterocycles. The molecule has 25 heavy (non-hydrogen) atoms. The molecule has 1 aromatic carbocycles. The summed E-state index contributed by atoms with van der Waals surface area (Å²) >= 11 is 0. The van der Waals surface area contributed by atoms with Crippen LogP contribution in [-0.4, -0.2) is 54.3 Å². The van der Waals surface area contributed by atoms with E-state index in [1.165, 1.54) is 32.4 Å². The molecule has 0 radical (unpaired) electrons. The highest BCUT2D eigenvalue weighted by atomic mass is 16.2. The Kier molecular flexibility index (Phi) is 4.50. The summed E-state index contributed by atoms with van der Waals surface area (Å²) in [6, 6.07) is 7.93. The van der Waals surface area contributed by atoms with Crippen molar-refractivity contribution in [2.45, 2.75) is 43.9 Å². The van der Waals surface area contributed by atoms with Crippen molar-refractivity contribution in [1.29, 1.82) is 0 Å². The number of carbonyl (C=O) groups excluding carboxylic acids is 2. The largest absolute Gasteiger partial charge is 0.341 e. The summed E-state index contributed by atoms with van der Waals surface area (Å²) in [5.41, 5.74) is 1.43. The van der Waals surface area contributed by atoms with Crippen LogP contribution in [0.1, 0.15) is 44.1 Å². The Balaban J connectivity index is 1.43. The molecule has 0 saturated carbocycles. The number of hydrogen-bond acceptors (Lipinski definition) is 3. The quantitative estimate of drug-likeness (QED) is 0.915. The van der Waals surface area contributed by atoms with Gasteiger partial charge in [0.2, 0.25) is 11.8 Å². The van der Waals surface area contributed by atoms with Crippen molar-refractivity contribution in [1.82, 2.24) is 9.80 Å². The van der Waals surface area contributed by atoms with Crippen molar-refractivity contribution in [3.63, 3.8) is 0 Å². The molecular weight excluding hydrogens is 314 g/mol. The summed E-state index contributed by atoms with van der Waals surface area (Å²) in [6.07, 6.45) is 6.01. The van der Waals surface area contributed by atoms with E-state index in [4.69, 9.17) is 0 Å². The first-order valence-electron chi connectivity index (χ1n) is 9.60. The van der Waals surface area contributed by atoms with Crippen molar-refractivity contribution in [3.8, 4) is 0 Å². The van der Waals surface area contributed by atoms with Gasteiger partial charge in [-0.2, -0.15) is 0 Å². The molecule has 1 atom stereocenters. The van der Waals surface area contributed by atoms with Crippen molar-refractivity contribution in [2.24, 2.45) is 0 Å². The molecule has 0 aromatic heterocycles. The Morgan fingerprint density at radius 2 is 1.84 bits per heavy atom. The normalized spacial score (nSPS) is 26.8. The van der Waals surface area contributed by atoms with Gasteiger partial charge in [0.05, 0.1) is 5.41 Å². The molecule has 1 unspecified atom stereocenters. The highest BCUT2D eigenvalue weighted by molar-refractivity contribution is 6.07. The van der Waals surface area contributed by atoms with Crippen molar-refractivity contribution < 1.29 is 9.59 Å². The van der Waals surface area contributed by atoms with Crippen LogP contribution < -0.4 is 5.32 Å². The molecule has 5 nitrogen and oxygen atoms in total. The number of para-hydroxylation sites is 1. The molecule has 3 heterocycles. The minimum Gasteiger partial charge on any atom is -0.341 e. The second-order valence-electron chi connectivity index (χ2n) is 7.65. The van der Waals surface area contributed by atoms with Crippen molar-refractivity contribution in [3.05, 3.63) is 29.8 Å². The topological polar surface area (TPSA) is 52.7 Å². The van der Waals surface area contributed by atoms with Crippen LogP contribution in [0.5, 0.6) is 0 Å². The first-order valence-corrected chi connectivity index (χ1v) is 9.60. The zero-order valence-corrected chi connectivity index (χ0v) is 14.8. The number of benzene rings is 1. The number of nitrogens with one attached hydrogen (secondary N) is 1. The lowest BCUT2D eigenvalue weighted by Crippen LogP contribution is -2.52. The SMILES string of the molecule is O=C1CCC2(CN1CCCN1CCCCC1)C(=O)Nc1ccccc12. The van der Waals surface area contributed by atoms with E-state index in [-0.39, 0.29) is 11.8 Å². The fraction of sp³-hybridized carbons (Fsp3) is 0.600.